The van der Waals surface area contributed by atoms with Crippen LogP contribution in [0, 0.1) is 11.6 Å². The Morgan fingerprint density at radius 3 is 2.57 bits per heavy atom. The van der Waals surface area contributed by atoms with Gasteiger partial charge in [-0.3, -0.25) is 0 Å². The average Bonchev–Trinajstić information content (AvgIpc) is 2.09. The molecule has 1 aliphatic rings. The molecule has 0 aromatic heterocycles. The van der Waals surface area contributed by atoms with Gasteiger partial charge in [-0.2, -0.15) is 4.39 Å². The summed E-state index contributed by atoms with van der Waals surface area (Å²) in [5, 5.41) is 3.07. The van der Waals surface area contributed by atoms with Crippen LogP contribution in [-0.4, -0.2) is 20.2 Å². The lowest BCUT2D eigenvalue weighted by atomic mass is 9.93. The standard InChI is InChI=1S/C10H11F2NO/c1-14-10-7(6-4-13-5-6)2-3-8(11)9(10)12/h2-3,6,13H,4-5H2,1H3. The van der Waals surface area contributed by atoms with Gasteiger partial charge < -0.3 is 10.1 Å². The Hall–Kier alpha value is -1.16. The maximum atomic E-state index is 13.3. The zero-order chi connectivity index (χ0) is 10.1. The fraction of sp³-hybridized carbons (Fsp3) is 0.400. The summed E-state index contributed by atoms with van der Waals surface area (Å²) >= 11 is 0. The van der Waals surface area contributed by atoms with Crippen LogP contribution in [0.2, 0.25) is 0 Å². The topological polar surface area (TPSA) is 21.3 Å². The zero-order valence-corrected chi connectivity index (χ0v) is 7.81. The Morgan fingerprint density at radius 1 is 1.36 bits per heavy atom. The molecule has 0 spiro atoms. The molecule has 0 atom stereocenters. The molecule has 0 radical (unpaired) electrons. The second kappa shape index (κ2) is 3.53. The lowest BCUT2D eigenvalue weighted by Crippen LogP contribution is -2.40. The van der Waals surface area contributed by atoms with Crippen molar-refractivity contribution in [2.75, 3.05) is 20.2 Å². The van der Waals surface area contributed by atoms with E-state index in [2.05, 4.69) is 5.32 Å². The summed E-state index contributed by atoms with van der Waals surface area (Å²) in [4.78, 5) is 0. The van der Waals surface area contributed by atoms with Crippen molar-refractivity contribution in [2.45, 2.75) is 5.92 Å². The quantitative estimate of drug-likeness (QED) is 0.782. The van der Waals surface area contributed by atoms with Gasteiger partial charge in [0.15, 0.2) is 11.6 Å². The maximum absolute atomic E-state index is 13.3. The summed E-state index contributed by atoms with van der Waals surface area (Å²) < 4.78 is 31.0. The van der Waals surface area contributed by atoms with Crippen molar-refractivity contribution < 1.29 is 13.5 Å². The third-order valence-electron chi connectivity index (χ3n) is 2.51. The highest BCUT2D eigenvalue weighted by molar-refractivity contribution is 5.39. The molecule has 2 nitrogen and oxygen atoms in total. The Labute approximate surface area is 80.9 Å². The molecule has 4 heteroatoms. The SMILES string of the molecule is COc1c(C2CNC2)ccc(F)c1F. The highest BCUT2D eigenvalue weighted by Gasteiger charge is 2.25. The first-order valence-electron chi connectivity index (χ1n) is 4.46. The van der Waals surface area contributed by atoms with Crippen LogP contribution in [0.4, 0.5) is 8.78 Å². The predicted octanol–water partition coefficient (Wildman–Crippen LogP) is 1.66. The molecule has 0 saturated carbocycles. The van der Waals surface area contributed by atoms with Crippen molar-refractivity contribution in [3.8, 4) is 5.75 Å². The van der Waals surface area contributed by atoms with Crippen molar-refractivity contribution in [2.24, 2.45) is 0 Å². The van der Waals surface area contributed by atoms with E-state index in [1.807, 2.05) is 0 Å². The van der Waals surface area contributed by atoms with Crippen molar-refractivity contribution in [1.82, 2.24) is 5.32 Å². The summed E-state index contributed by atoms with van der Waals surface area (Å²) in [6.45, 7) is 1.59. The van der Waals surface area contributed by atoms with Crippen molar-refractivity contribution in [3.05, 3.63) is 29.3 Å². The number of benzene rings is 1. The molecule has 1 heterocycles. The van der Waals surface area contributed by atoms with Gasteiger partial charge in [-0.1, -0.05) is 6.07 Å². The maximum Gasteiger partial charge on any atom is 0.200 e. The van der Waals surface area contributed by atoms with Crippen LogP contribution >= 0.6 is 0 Å². The molecule has 0 bridgehead atoms. The van der Waals surface area contributed by atoms with Crippen LogP contribution in [0.5, 0.6) is 5.75 Å². The number of halogens is 2. The highest BCUT2D eigenvalue weighted by atomic mass is 19.2. The molecule has 1 saturated heterocycles. The summed E-state index contributed by atoms with van der Waals surface area (Å²) in [6, 6.07) is 2.73. The lowest BCUT2D eigenvalue weighted by Gasteiger charge is -2.28. The Kier molecular flexibility index (Phi) is 2.37. The van der Waals surface area contributed by atoms with Gasteiger partial charge in [0, 0.05) is 24.6 Å². The second-order valence-electron chi connectivity index (χ2n) is 3.34. The fourth-order valence-electron chi connectivity index (χ4n) is 1.58. The van der Waals surface area contributed by atoms with Crippen LogP contribution in [0.25, 0.3) is 0 Å². The highest BCUT2D eigenvalue weighted by Crippen LogP contribution is 2.32. The van der Waals surface area contributed by atoms with Crippen LogP contribution in [0.3, 0.4) is 0 Å². The fourth-order valence-corrected chi connectivity index (χ4v) is 1.58. The van der Waals surface area contributed by atoms with Crippen molar-refractivity contribution in [1.29, 1.82) is 0 Å². The molecule has 2 rings (SSSR count). The van der Waals surface area contributed by atoms with Gasteiger partial charge in [0.25, 0.3) is 0 Å². The third-order valence-corrected chi connectivity index (χ3v) is 2.51. The summed E-state index contributed by atoms with van der Waals surface area (Å²) in [6.07, 6.45) is 0. The number of nitrogens with one attached hydrogen (secondary N) is 1. The van der Waals surface area contributed by atoms with Gasteiger partial charge in [0.05, 0.1) is 7.11 Å². The van der Waals surface area contributed by atoms with Crippen LogP contribution < -0.4 is 10.1 Å². The number of hydrogen-bond acceptors (Lipinski definition) is 2. The smallest absolute Gasteiger partial charge is 0.200 e. The minimum absolute atomic E-state index is 0.0384. The first-order chi connectivity index (χ1) is 6.74. The predicted molar refractivity (Wildman–Crippen MR) is 48.5 cm³/mol. The van der Waals surface area contributed by atoms with E-state index in [4.69, 9.17) is 4.74 Å². The van der Waals surface area contributed by atoms with E-state index < -0.39 is 11.6 Å². The monoisotopic (exact) mass is 199 g/mol. The Morgan fingerprint density at radius 2 is 2.07 bits per heavy atom. The molecule has 14 heavy (non-hydrogen) atoms. The molecule has 0 unspecified atom stereocenters. The normalized spacial score (nSPS) is 16.5. The largest absolute Gasteiger partial charge is 0.493 e. The molecule has 0 amide bonds. The van der Waals surface area contributed by atoms with E-state index >= 15 is 0 Å². The molecular weight excluding hydrogens is 188 g/mol. The number of rotatable bonds is 2. The van der Waals surface area contributed by atoms with Gasteiger partial charge >= 0.3 is 0 Å². The summed E-state index contributed by atoms with van der Waals surface area (Å²) in [5.41, 5.74) is 0.741. The number of ether oxygens (including phenoxy) is 1. The van der Waals surface area contributed by atoms with Gasteiger partial charge in [0.1, 0.15) is 0 Å². The number of methoxy groups -OCH3 is 1. The molecule has 1 aliphatic heterocycles. The molecular formula is C10H11F2NO. The molecule has 1 aromatic carbocycles. The minimum atomic E-state index is -0.892. The van der Waals surface area contributed by atoms with Gasteiger partial charge in [-0.05, 0) is 6.07 Å². The summed E-state index contributed by atoms with van der Waals surface area (Å²) in [5.74, 6) is -1.48. The first kappa shape index (κ1) is 9.40. The minimum Gasteiger partial charge on any atom is -0.493 e. The van der Waals surface area contributed by atoms with Crippen LogP contribution in [0.1, 0.15) is 11.5 Å². The van der Waals surface area contributed by atoms with E-state index in [9.17, 15) is 8.78 Å². The van der Waals surface area contributed by atoms with Crippen molar-refractivity contribution >= 4 is 0 Å². The van der Waals surface area contributed by atoms with E-state index in [0.717, 1.165) is 24.7 Å². The van der Waals surface area contributed by atoms with Crippen LogP contribution in [-0.2, 0) is 0 Å². The van der Waals surface area contributed by atoms with Crippen molar-refractivity contribution in [3.63, 3.8) is 0 Å². The molecule has 1 fully saturated rings. The Balaban J connectivity index is 2.43. The van der Waals surface area contributed by atoms with E-state index in [0.29, 0.717) is 0 Å². The van der Waals surface area contributed by atoms with Gasteiger partial charge in [0.2, 0.25) is 5.82 Å². The average molecular weight is 199 g/mol. The van der Waals surface area contributed by atoms with E-state index in [-0.39, 0.29) is 11.7 Å². The first-order valence-corrected chi connectivity index (χ1v) is 4.46. The second-order valence-corrected chi connectivity index (χ2v) is 3.34. The van der Waals surface area contributed by atoms with E-state index in [1.54, 1.807) is 6.07 Å². The third kappa shape index (κ3) is 1.35. The molecule has 76 valence electrons. The van der Waals surface area contributed by atoms with E-state index in [1.165, 1.54) is 7.11 Å². The van der Waals surface area contributed by atoms with Gasteiger partial charge in [-0.25, -0.2) is 4.39 Å². The molecule has 0 aliphatic carbocycles. The molecule has 1 aromatic rings. The van der Waals surface area contributed by atoms with Crippen LogP contribution in [0.15, 0.2) is 12.1 Å². The summed E-state index contributed by atoms with van der Waals surface area (Å²) in [7, 11) is 1.35. The number of hydrogen-bond donors (Lipinski definition) is 1. The lowest BCUT2D eigenvalue weighted by molar-refractivity contribution is 0.351. The zero-order valence-electron chi connectivity index (χ0n) is 7.81. The molecule has 1 N–H and O–H groups in total. The van der Waals surface area contributed by atoms with Gasteiger partial charge in [-0.15, -0.1) is 0 Å². The Bertz CT molecular complexity index is 350.